The molecule has 0 aliphatic carbocycles. The molecule has 0 aliphatic rings. The Morgan fingerprint density at radius 3 is 1.89 bits per heavy atom. The molecule has 0 atom stereocenters. The number of nitrogens with zero attached hydrogens (tertiary/aromatic N) is 3. The molecule has 0 unspecified atom stereocenters. The molecular formula is C44H29N3. The standard InChI is InChI=1S/C44H29N3/c1-2-15-33(16-3-1)45(36-26-24-30-12-4-5-13-32(30)28-36)34-17-11-18-35(29-34)46-40-21-8-9-22-41(40)47-39-20-7-6-19-37(39)38-27-25-31-14-10-23-42(46)43(31)44(38)47/h1-29H. The zero-order chi connectivity index (χ0) is 30.9. The molecule has 0 saturated carbocycles. The van der Waals surface area contributed by atoms with E-state index in [0.717, 1.165) is 28.3 Å². The summed E-state index contributed by atoms with van der Waals surface area (Å²) in [6, 6.07) is 63.8. The first-order chi connectivity index (χ1) is 23.3. The summed E-state index contributed by atoms with van der Waals surface area (Å²) in [5.74, 6) is 0. The highest BCUT2D eigenvalue weighted by atomic mass is 15.1. The molecule has 0 saturated heterocycles. The second-order valence-electron chi connectivity index (χ2n) is 12.2. The van der Waals surface area contributed by atoms with Crippen molar-refractivity contribution in [1.29, 1.82) is 0 Å². The zero-order valence-electron chi connectivity index (χ0n) is 25.6. The van der Waals surface area contributed by atoms with Crippen molar-refractivity contribution in [2.75, 3.05) is 4.90 Å². The largest absolute Gasteiger partial charge is 0.310 e. The number of rotatable bonds is 4. The van der Waals surface area contributed by atoms with Crippen molar-refractivity contribution in [1.82, 2.24) is 8.97 Å². The van der Waals surface area contributed by atoms with Gasteiger partial charge in [0.2, 0.25) is 0 Å². The van der Waals surface area contributed by atoms with Gasteiger partial charge in [-0.2, -0.15) is 0 Å². The second kappa shape index (κ2) is 10.1. The number of aromatic nitrogens is 2. The van der Waals surface area contributed by atoms with Gasteiger partial charge in [0, 0.05) is 38.9 Å². The highest BCUT2D eigenvalue weighted by Crippen LogP contribution is 2.41. The van der Waals surface area contributed by atoms with Crippen molar-refractivity contribution in [3.8, 4) is 5.69 Å². The number of fused-ring (bicyclic) bond motifs is 6. The molecule has 0 bridgehead atoms. The van der Waals surface area contributed by atoms with Gasteiger partial charge in [0.15, 0.2) is 0 Å². The Kier molecular flexibility index (Phi) is 5.57. The van der Waals surface area contributed by atoms with Crippen LogP contribution >= 0.6 is 0 Å². The summed E-state index contributed by atoms with van der Waals surface area (Å²) >= 11 is 0. The van der Waals surface area contributed by atoms with Crippen molar-refractivity contribution >= 4 is 77.0 Å². The quantitative estimate of drug-likeness (QED) is 0.196. The van der Waals surface area contributed by atoms with Crippen molar-refractivity contribution in [2.24, 2.45) is 0 Å². The molecule has 3 heteroatoms. The lowest BCUT2D eigenvalue weighted by Crippen LogP contribution is -2.10. The minimum absolute atomic E-state index is 1.10. The summed E-state index contributed by atoms with van der Waals surface area (Å²) in [5, 5.41) is 7.50. The first-order valence-corrected chi connectivity index (χ1v) is 16.1. The Balaban J connectivity index is 1.31. The summed E-state index contributed by atoms with van der Waals surface area (Å²) < 4.78 is 4.92. The van der Waals surface area contributed by atoms with Crippen LogP contribution in [0.15, 0.2) is 176 Å². The topological polar surface area (TPSA) is 12.6 Å². The van der Waals surface area contributed by atoms with E-state index < -0.39 is 0 Å². The van der Waals surface area contributed by atoms with Crippen LogP contribution in [0.5, 0.6) is 0 Å². The van der Waals surface area contributed by atoms with Crippen LogP contribution in [0, 0.1) is 0 Å². The van der Waals surface area contributed by atoms with Gasteiger partial charge < -0.3 is 13.9 Å². The lowest BCUT2D eigenvalue weighted by atomic mass is 10.0. The van der Waals surface area contributed by atoms with Crippen LogP contribution in [0.2, 0.25) is 0 Å². The maximum absolute atomic E-state index is 2.47. The normalized spacial score (nSPS) is 11.8. The van der Waals surface area contributed by atoms with E-state index in [-0.39, 0.29) is 0 Å². The van der Waals surface area contributed by atoms with E-state index in [2.05, 4.69) is 190 Å². The average Bonchev–Trinajstić information content (AvgIpc) is 3.40. The van der Waals surface area contributed by atoms with E-state index in [0.29, 0.717) is 0 Å². The third kappa shape index (κ3) is 3.87. The fourth-order valence-electron chi connectivity index (χ4n) is 7.61. The van der Waals surface area contributed by atoms with Gasteiger partial charge in [0.25, 0.3) is 0 Å². The Morgan fingerprint density at radius 2 is 1.00 bits per heavy atom. The molecule has 10 rings (SSSR count). The van der Waals surface area contributed by atoms with E-state index in [1.54, 1.807) is 0 Å². The maximum Gasteiger partial charge on any atom is 0.0703 e. The zero-order valence-corrected chi connectivity index (χ0v) is 25.6. The number of benzene rings is 8. The van der Waals surface area contributed by atoms with Gasteiger partial charge in [-0.3, -0.25) is 0 Å². The van der Waals surface area contributed by atoms with Crippen molar-refractivity contribution in [3.63, 3.8) is 0 Å². The molecule has 8 aromatic carbocycles. The highest BCUT2D eigenvalue weighted by molar-refractivity contribution is 6.23. The first kappa shape index (κ1) is 26.0. The summed E-state index contributed by atoms with van der Waals surface area (Å²) in [6.07, 6.45) is 0. The Bertz CT molecular complexity index is 2790. The smallest absolute Gasteiger partial charge is 0.0703 e. The average molecular weight is 600 g/mol. The van der Waals surface area contributed by atoms with E-state index in [1.807, 2.05) is 0 Å². The molecule has 0 spiro atoms. The van der Waals surface area contributed by atoms with Gasteiger partial charge in [0.05, 0.1) is 27.6 Å². The van der Waals surface area contributed by atoms with Crippen molar-refractivity contribution < 1.29 is 0 Å². The fraction of sp³-hybridized carbons (Fsp3) is 0. The highest BCUT2D eigenvalue weighted by Gasteiger charge is 2.19. The lowest BCUT2D eigenvalue weighted by Gasteiger charge is -2.26. The van der Waals surface area contributed by atoms with E-state index in [9.17, 15) is 0 Å². The number of anilines is 3. The van der Waals surface area contributed by atoms with Gasteiger partial charge in [0.1, 0.15) is 0 Å². The van der Waals surface area contributed by atoms with Crippen LogP contribution in [-0.2, 0) is 0 Å². The summed E-state index contributed by atoms with van der Waals surface area (Å²) in [5.41, 5.74) is 10.4. The lowest BCUT2D eigenvalue weighted by molar-refractivity contribution is 1.16. The molecule has 3 nitrogen and oxygen atoms in total. The molecule has 0 fully saturated rings. The summed E-state index contributed by atoms with van der Waals surface area (Å²) in [6.45, 7) is 0. The molecule has 10 aromatic rings. The van der Waals surface area contributed by atoms with Gasteiger partial charge in [-0.15, -0.1) is 0 Å². The van der Waals surface area contributed by atoms with E-state index in [1.165, 1.54) is 54.4 Å². The third-order valence-corrected chi connectivity index (χ3v) is 9.61. The van der Waals surface area contributed by atoms with Gasteiger partial charge in [-0.05, 0) is 82.9 Å². The predicted molar refractivity (Wildman–Crippen MR) is 199 cm³/mol. The minimum atomic E-state index is 1.10. The summed E-state index contributed by atoms with van der Waals surface area (Å²) in [7, 11) is 0. The SMILES string of the molecule is c1ccc(N(c2cccc(-n3c4cccc5ccc6c7ccccc7n(c7ccccc73)c6c54)c2)c2ccc3ccccc3c2)cc1. The van der Waals surface area contributed by atoms with Crippen LogP contribution in [0.25, 0.3) is 65.6 Å². The van der Waals surface area contributed by atoms with Crippen LogP contribution < -0.4 is 4.90 Å². The molecule has 0 aliphatic heterocycles. The summed E-state index contributed by atoms with van der Waals surface area (Å²) in [4.78, 5) is 2.36. The van der Waals surface area contributed by atoms with Crippen LogP contribution in [-0.4, -0.2) is 8.97 Å². The monoisotopic (exact) mass is 599 g/mol. The molecule has 2 heterocycles. The molecule has 47 heavy (non-hydrogen) atoms. The van der Waals surface area contributed by atoms with Crippen LogP contribution in [0.1, 0.15) is 0 Å². The second-order valence-corrected chi connectivity index (χ2v) is 12.2. The van der Waals surface area contributed by atoms with Crippen LogP contribution in [0.3, 0.4) is 0 Å². The van der Waals surface area contributed by atoms with Gasteiger partial charge in [-0.1, -0.05) is 109 Å². The van der Waals surface area contributed by atoms with Crippen molar-refractivity contribution in [3.05, 3.63) is 176 Å². The van der Waals surface area contributed by atoms with Gasteiger partial charge in [-0.25, -0.2) is 0 Å². The van der Waals surface area contributed by atoms with E-state index in [4.69, 9.17) is 0 Å². The maximum atomic E-state index is 2.47. The Hall–Kier alpha value is -6.32. The fourth-order valence-corrected chi connectivity index (χ4v) is 7.61. The number of para-hydroxylation sites is 4. The predicted octanol–water partition coefficient (Wildman–Crippen LogP) is 12.0. The van der Waals surface area contributed by atoms with Crippen LogP contribution in [0.4, 0.5) is 17.1 Å². The molecule has 220 valence electrons. The number of hydrogen-bond acceptors (Lipinski definition) is 1. The molecule has 2 aromatic heterocycles. The molecule has 0 radical (unpaired) electrons. The first-order valence-electron chi connectivity index (χ1n) is 16.1. The Morgan fingerprint density at radius 1 is 0.362 bits per heavy atom. The Labute approximate surface area is 271 Å². The minimum Gasteiger partial charge on any atom is -0.310 e. The van der Waals surface area contributed by atoms with E-state index >= 15 is 0 Å². The third-order valence-electron chi connectivity index (χ3n) is 9.61. The molecule has 0 amide bonds. The van der Waals surface area contributed by atoms with Gasteiger partial charge >= 0.3 is 0 Å². The van der Waals surface area contributed by atoms with Crippen molar-refractivity contribution in [2.45, 2.75) is 0 Å². The number of hydrogen-bond donors (Lipinski definition) is 0. The molecule has 0 N–H and O–H groups in total. The molecular weight excluding hydrogens is 571 g/mol.